The number of carbonyl (C=O) groups excluding carboxylic acids is 1. The monoisotopic (exact) mass is 366 g/mol. The van der Waals surface area contributed by atoms with Crippen LogP contribution in [0.2, 0.25) is 10.0 Å². The molecule has 1 unspecified atom stereocenters. The topological polar surface area (TPSA) is 89.3 Å². The predicted molar refractivity (Wildman–Crippen MR) is 90.1 cm³/mol. The van der Waals surface area contributed by atoms with Crippen molar-refractivity contribution in [3.05, 3.63) is 33.8 Å². The van der Waals surface area contributed by atoms with Gasteiger partial charge in [0.25, 0.3) is 0 Å². The summed E-state index contributed by atoms with van der Waals surface area (Å²) >= 11 is 11.9. The van der Waals surface area contributed by atoms with E-state index in [1.165, 1.54) is 0 Å². The van der Waals surface area contributed by atoms with Gasteiger partial charge in [-0.15, -0.1) is 0 Å². The van der Waals surface area contributed by atoms with Crippen LogP contribution in [0.5, 0.6) is 0 Å². The van der Waals surface area contributed by atoms with Crippen LogP contribution >= 0.6 is 23.2 Å². The Morgan fingerprint density at radius 3 is 2.64 bits per heavy atom. The molecule has 0 saturated heterocycles. The number of nitrogens with two attached hydrogens (primary N) is 1. The fourth-order valence-electron chi connectivity index (χ4n) is 1.82. The number of carbonyl (C=O) groups is 1. The third-order valence-corrected chi connectivity index (χ3v) is 4.64. The summed E-state index contributed by atoms with van der Waals surface area (Å²) in [5.74, 6) is -0.437. The maximum absolute atomic E-state index is 11.7. The molecule has 3 N–H and O–H groups in total. The first-order chi connectivity index (χ1) is 10.2. The second-order valence-electron chi connectivity index (χ2n) is 5.16. The summed E-state index contributed by atoms with van der Waals surface area (Å²) in [6.45, 7) is 0.449. The molecule has 22 heavy (non-hydrogen) atoms. The zero-order valence-electron chi connectivity index (χ0n) is 12.3. The van der Waals surface area contributed by atoms with E-state index >= 15 is 0 Å². The van der Waals surface area contributed by atoms with Crippen molar-refractivity contribution in [2.75, 3.05) is 18.6 Å². The molecule has 0 aromatic heterocycles. The van der Waals surface area contributed by atoms with E-state index in [1.54, 1.807) is 12.1 Å². The Kier molecular flexibility index (Phi) is 7.62. The molecule has 0 heterocycles. The highest BCUT2D eigenvalue weighted by molar-refractivity contribution is 7.90. The van der Waals surface area contributed by atoms with E-state index in [0.717, 1.165) is 11.8 Å². The summed E-state index contributed by atoms with van der Waals surface area (Å²) in [6.07, 6.45) is 2.64. The third-order valence-electron chi connectivity index (χ3n) is 3.07. The molecular weight excluding hydrogens is 347 g/mol. The average Bonchev–Trinajstić information content (AvgIpc) is 2.41. The molecule has 5 nitrogen and oxygen atoms in total. The van der Waals surface area contributed by atoms with Crippen LogP contribution in [0.1, 0.15) is 18.4 Å². The van der Waals surface area contributed by atoms with E-state index in [0.29, 0.717) is 29.4 Å². The average molecular weight is 367 g/mol. The second-order valence-corrected chi connectivity index (χ2v) is 8.26. The maximum atomic E-state index is 11.7. The van der Waals surface area contributed by atoms with E-state index < -0.39 is 15.9 Å². The van der Waals surface area contributed by atoms with Crippen LogP contribution < -0.4 is 11.1 Å². The molecule has 1 amide bonds. The van der Waals surface area contributed by atoms with Gasteiger partial charge in [-0.25, -0.2) is 8.42 Å². The summed E-state index contributed by atoms with van der Waals surface area (Å²) in [6, 6.07) is 4.49. The molecule has 0 spiro atoms. The minimum absolute atomic E-state index is 0.0953. The van der Waals surface area contributed by atoms with Gasteiger partial charge in [0.1, 0.15) is 9.84 Å². The third kappa shape index (κ3) is 7.45. The number of rotatable bonds is 8. The summed E-state index contributed by atoms with van der Waals surface area (Å²) in [4.78, 5) is 11.7. The SMILES string of the molecule is CS(=O)(=O)CCC(N)C(=O)NCCCc1ccc(Cl)cc1Cl. The lowest BCUT2D eigenvalue weighted by Gasteiger charge is -2.12. The zero-order chi connectivity index (χ0) is 16.8. The molecular formula is C14H20Cl2N2O3S. The molecule has 8 heteroatoms. The van der Waals surface area contributed by atoms with Gasteiger partial charge in [-0.2, -0.15) is 0 Å². The molecule has 0 bridgehead atoms. The van der Waals surface area contributed by atoms with Crippen molar-refractivity contribution in [3.63, 3.8) is 0 Å². The number of amides is 1. The quantitative estimate of drug-likeness (QED) is 0.686. The van der Waals surface area contributed by atoms with Gasteiger partial charge in [0, 0.05) is 22.8 Å². The van der Waals surface area contributed by atoms with Crippen molar-refractivity contribution in [3.8, 4) is 0 Å². The highest BCUT2D eigenvalue weighted by atomic mass is 35.5. The molecule has 0 radical (unpaired) electrons. The maximum Gasteiger partial charge on any atom is 0.236 e. The Bertz CT molecular complexity index is 621. The first kappa shape index (κ1) is 19.2. The molecule has 1 aromatic rings. The number of hydrogen-bond acceptors (Lipinski definition) is 4. The van der Waals surface area contributed by atoms with Gasteiger partial charge in [-0.05, 0) is 37.0 Å². The Hall–Kier alpha value is -0.820. The Morgan fingerprint density at radius 2 is 2.05 bits per heavy atom. The van der Waals surface area contributed by atoms with Crippen molar-refractivity contribution < 1.29 is 13.2 Å². The largest absolute Gasteiger partial charge is 0.355 e. The lowest BCUT2D eigenvalue weighted by atomic mass is 10.1. The number of hydrogen-bond donors (Lipinski definition) is 2. The van der Waals surface area contributed by atoms with Crippen LogP contribution in [0.15, 0.2) is 18.2 Å². The molecule has 1 atom stereocenters. The zero-order valence-corrected chi connectivity index (χ0v) is 14.6. The summed E-state index contributed by atoms with van der Waals surface area (Å²) in [7, 11) is -3.11. The number of halogens is 2. The van der Waals surface area contributed by atoms with Crippen molar-refractivity contribution in [1.82, 2.24) is 5.32 Å². The lowest BCUT2D eigenvalue weighted by Crippen LogP contribution is -2.42. The molecule has 0 saturated carbocycles. The van der Waals surface area contributed by atoms with E-state index in [1.807, 2.05) is 6.07 Å². The van der Waals surface area contributed by atoms with Gasteiger partial charge in [-0.3, -0.25) is 4.79 Å². The fourth-order valence-corrected chi connectivity index (χ4v) is 3.00. The summed E-state index contributed by atoms with van der Waals surface area (Å²) in [5, 5.41) is 3.87. The van der Waals surface area contributed by atoms with Gasteiger partial charge in [0.2, 0.25) is 5.91 Å². The summed E-state index contributed by atoms with van der Waals surface area (Å²) < 4.78 is 22.0. The highest BCUT2D eigenvalue weighted by Crippen LogP contribution is 2.21. The molecule has 0 aliphatic rings. The van der Waals surface area contributed by atoms with E-state index in [9.17, 15) is 13.2 Å². The fraction of sp³-hybridized carbons (Fsp3) is 0.500. The van der Waals surface area contributed by atoms with Crippen LogP contribution in [-0.4, -0.2) is 38.9 Å². The van der Waals surface area contributed by atoms with E-state index in [2.05, 4.69) is 5.32 Å². The standard InChI is InChI=1S/C14H20Cl2N2O3S/c1-22(20,21)8-6-13(17)14(19)18-7-2-3-10-4-5-11(15)9-12(10)16/h4-5,9,13H,2-3,6-8,17H2,1H3,(H,18,19). The normalized spacial score (nSPS) is 12.9. The highest BCUT2D eigenvalue weighted by Gasteiger charge is 2.15. The Labute approximate surface area is 141 Å². The number of aryl methyl sites for hydroxylation is 1. The Balaban J connectivity index is 2.30. The summed E-state index contributed by atoms with van der Waals surface area (Å²) in [5.41, 5.74) is 6.61. The van der Waals surface area contributed by atoms with Crippen LogP contribution in [0.4, 0.5) is 0 Å². The van der Waals surface area contributed by atoms with Gasteiger partial charge in [0.05, 0.1) is 11.8 Å². The van der Waals surface area contributed by atoms with Crippen LogP contribution in [0, 0.1) is 0 Å². The molecule has 0 aliphatic carbocycles. The van der Waals surface area contributed by atoms with Crippen LogP contribution in [0.25, 0.3) is 0 Å². The first-order valence-electron chi connectivity index (χ1n) is 6.84. The molecule has 0 aliphatic heterocycles. The van der Waals surface area contributed by atoms with Gasteiger partial charge < -0.3 is 11.1 Å². The van der Waals surface area contributed by atoms with E-state index in [4.69, 9.17) is 28.9 Å². The van der Waals surface area contributed by atoms with Gasteiger partial charge in [-0.1, -0.05) is 29.3 Å². The molecule has 0 fully saturated rings. The van der Waals surface area contributed by atoms with Crippen LogP contribution in [0.3, 0.4) is 0 Å². The smallest absolute Gasteiger partial charge is 0.236 e. The molecule has 1 rings (SSSR count). The lowest BCUT2D eigenvalue weighted by molar-refractivity contribution is -0.122. The number of benzene rings is 1. The van der Waals surface area contributed by atoms with E-state index in [-0.39, 0.29) is 18.1 Å². The minimum Gasteiger partial charge on any atom is -0.355 e. The molecule has 1 aromatic carbocycles. The number of sulfone groups is 1. The minimum atomic E-state index is -3.11. The van der Waals surface area contributed by atoms with Crippen molar-refractivity contribution in [2.24, 2.45) is 5.73 Å². The van der Waals surface area contributed by atoms with Gasteiger partial charge >= 0.3 is 0 Å². The van der Waals surface area contributed by atoms with Crippen LogP contribution in [-0.2, 0) is 21.1 Å². The van der Waals surface area contributed by atoms with Crippen molar-refractivity contribution >= 4 is 38.9 Å². The second kappa shape index (κ2) is 8.72. The Morgan fingerprint density at radius 1 is 1.36 bits per heavy atom. The van der Waals surface area contributed by atoms with Crippen molar-refractivity contribution in [1.29, 1.82) is 0 Å². The number of nitrogens with one attached hydrogen (secondary N) is 1. The molecule has 124 valence electrons. The predicted octanol–water partition coefficient (Wildman–Crippen LogP) is 1.80. The van der Waals surface area contributed by atoms with Gasteiger partial charge in [0.15, 0.2) is 0 Å². The first-order valence-corrected chi connectivity index (χ1v) is 9.65. The van der Waals surface area contributed by atoms with Crippen molar-refractivity contribution in [2.45, 2.75) is 25.3 Å².